The number of carbonyl (C=O) groups is 2. The Labute approximate surface area is 161 Å². The monoisotopic (exact) mass is 377 g/mol. The Hall–Kier alpha value is -3.61. The summed E-state index contributed by atoms with van der Waals surface area (Å²) in [5, 5.41) is 6.18. The molecule has 0 saturated carbocycles. The normalized spacial score (nSPS) is 13.5. The Kier molecular flexibility index (Phi) is 4.80. The molecule has 0 bridgehead atoms. The molecular weight excluding hydrogens is 358 g/mol. The van der Waals surface area contributed by atoms with E-state index in [4.69, 9.17) is 4.42 Å². The maximum Gasteiger partial charge on any atom is 0.349 e. The third-order valence-corrected chi connectivity index (χ3v) is 4.65. The second-order valence-corrected chi connectivity index (χ2v) is 6.64. The molecule has 3 aromatic rings. The third-order valence-electron chi connectivity index (χ3n) is 4.65. The van der Waals surface area contributed by atoms with Crippen molar-refractivity contribution in [3.05, 3.63) is 70.6 Å². The van der Waals surface area contributed by atoms with Crippen molar-refractivity contribution in [2.45, 2.75) is 12.8 Å². The first kappa shape index (κ1) is 17.8. The van der Waals surface area contributed by atoms with E-state index in [-0.39, 0.29) is 11.6 Å². The van der Waals surface area contributed by atoms with Crippen LogP contribution in [-0.4, -0.2) is 29.9 Å². The summed E-state index contributed by atoms with van der Waals surface area (Å²) in [5.41, 5.74) is 0.688. The lowest BCUT2D eigenvalue weighted by Gasteiger charge is -2.16. The lowest BCUT2D eigenvalue weighted by atomic mass is 10.1. The summed E-state index contributed by atoms with van der Waals surface area (Å²) in [4.78, 5) is 38.7. The second kappa shape index (κ2) is 7.56. The quantitative estimate of drug-likeness (QED) is 0.681. The van der Waals surface area contributed by atoms with E-state index < -0.39 is 11.5 Å². The molecule has 1 aliphatic heterocycles. The Balaban J connectivity index is 1.51. The van der Waals surface area contributed by atoms with Gasteiger partial charge in [-0.3, -0.25) is 4.79 Å². The predicted octanol–water partition coefficient (Wildman–Crippen LogP) is 3.67. The summed E-state index contributed by atoms with van der Waals surface area (Å²) in [6.45, 7) is 1.50. The minimum Gasteiger partial charge on any atom is -0.422 e. The van der Waals surface area contributed by atoms with Gasteiger partial charge >= 0.3 is 11.7 Å². The van der Waals surface area contributed by atoms with Crippen molar-refractivity contribution < 1.29 is 14.0 Å². The van der Waals surface area contributed by atoms with Gasteiger partial charge in [0.05, 0.1) is 0 Å². The molecule has 4 rings (SSSR count). The van der Waals surface area contributed by atoms with Crippen LogP contribution in [0.5, 0.6) is 0 Å². The number of nitrogens with zero attached hydrogens (tertiary/aromatic N) is 1. The highest BCUT2D eigenvalue weighted by molar-refractivity contribution is 6.05. The highest BCUT2D eigenvalue weighted by atomic mass is 16.4. The number of para-hydroxylation sites is 1. The Morgan fingerprint density at radius 3 is 2.39 bits per heavy atom. The second-order valence-electron chi connectivity index (χ2n) is 6.64. The Bertz CT molecular complexity index is 1100. The molecule has 7 nitrogen and oxygen atoms in total. The first-order valence-corrected chi connectivity index (χ1v) is 9.10. The van der Waals surface area contributed by atoms with Gasteiger partial charge in [-0.25, -0.2) is 9.59 Å². The SMILES string of the molecule is O=C(Nc1cccc(NC(=O)N2CCCC2)c1)c1cc2ccccc2oc1=O. The summed E-state index contributed by atoms with van der Waals surface area (Å²) in [6, 6.07) is 15.1. The molecule has 0 atom stereocenters. The zero-order valence-corrected chi connectivity index (χ0v) is 15.1. The van der Waals surface area contributed by atoms with Crippen LogP contribution < -0.4 is 16.3 Å². The zero-order chi connectivity index (χ0) is 19.5. The van der Waals surface area contributed by atoms with Crippen LogP contribution in [0.2, 0.25) is 0 Å². The van der Waals surface area contributed by atoms with Crippen LogP contribution in [0.1, 0.15) is 23.2 Å². The van der Waals surface area contributed by atoms with Crippen molar-refractivity contribution in [2.75, 3.05) is 23.7 Å². The lowest BCUT2D eigenvalue weighted by molar-refractivity contribution is 0.102. The number of likely N-dealkylation sites (tertiary alicyclic amines) is 1. The number of carbonyl (C=O) groups excluding carboxylic acids is 2. The molecule has 142 valence electrons. The Morgan fingerprint density at radius 2 is 1.61 bits per heavy atom. The first-order valence-electron chi connectivity index (χ1n) is 9.10. The van der Waals surface area contributed by atoms with Crippen molar-refractivity contribution in [1.82, 2.24) is 4.90 Å². The van der Waals surface area contributed by atoms with Gasteiger partial charge in [-0.05, 0) is 43.2 Å². The van der Waals surface area contributed by atoms with E-state index >= 15 is 0 Å². The molecule has 2 heterocycles. The van der Waals surface area contributed by atoms with Gasteiger partial charge in [0.25, 0.3) is 5.91 Å². The maximum absolute atomic E-state index is 12.6. The van der Waals surface area contributed by atoms with Crippen molar-refractivity contribution in [1.29, 1.82) is 0 Å². The largest absolute Gasteiger partial charge is 0.422 e. The minimum atomic E-state index is -0.699. The molecule has 0 spiro atoms. The number of benzene rings is 2. The van der Waals surface area contributed by atoms with Gasteiger partial charge in [-0.2, -0.15) is 0 Å². The molecule has 1 saturated heterocycles. The van der Waals surface area contributed by atoms with Gasteiger partial charge in [0.2, 0.25) is 0 Å². The average Bonchev–Trinajstić information content (AvgIpc) is 3.22. The summed E-state index contributed by atoms with van der Waals surface area (Å²) >= 11 is 0. The standard InChI is InChI=1S/C21H19N3O4/c25-19(17-12-14-6-1-2-9-18(14)28-20(17)26)22-15-7-5-8-16(13-15)23-21(27)24-10-3-4-11-24/h1-2,5-9,12-13H,3-4,10-11H2,(H,22,25)(H,23,27). The van der Waals surface area contributed by atoms with E-state index in [1.54, 1.807) is 53.4 Å². The highest BCUT2D eigenvalue weighted by Gasteiger charge is 2.18. The van der Waals surface area contributed by atoms with Crippen molar-refractivity contribution >= 4 is 34.3 Å². The molecule has 1 fully saturated rings. The number of hydrogen-bond donors (Lipinski definition) is 2. The fraction of sp³-hybridized carbons (Fsp3) is 0.190. The smallest absolute Gasteiger partial charge is 0.349 e. The zero-order valence-electron chi connectivity index (χ0n) is 15.1. The van der Waals surface area contributed by atoms with Crippen LogP contribution in [0.15, 0.2) is 63.8 Å². The topological polar surface area (TPSA) is 91.7 Å². The summed E-state index contributed by atoms with van der Waals surface area (Å²) in [5.74, 6) is -0.567. The number of nitrogens with one attached hydrogen (secondary N) is 2. The van der Waals surface area contributed by atoms with Crippen LogP contribution in [0.4, 0.5) is 16.2 Å². The van der Waals surface area contributed by atoms with E-state index in [2.05, 4.69) is 10.6 Å². The molecule has 28 heavy (non-hydrogen) atoms. The molecule has 0 radical (unpaired) electrons. The summed E-state index contributed by atoms with van der Waals surface area (Å²) in [6.07, 6.45) is 2.02. The number of rotatable bonds is 3. The van der Waals surface area contributed by atoms with Crippen LogP contribution >= 0.6 is 0 Å². The molecule has 0 aliphatic carbocycles. The van der Waals surface area contributed by atoms with Gasteiger partial charge in [-0.1, -0.05) is 24.3 Å². The third kappa shape index (κ3) is 3.73. The van der Waals surface area contributed by atoms with E-state index in [0.717, 1.165) is 25.9 Å². The molecule has 2 N–H and O–H groups in total. The number of amides is 3. The average molecular weight is 377 g/mol. The van der Waals surface area contributed by atoms with E-state index in [9.17, 15) is 14.4 Å². The molecule has 2 aromatic carbocycles. The first-order chi connectivity index (χ1) is 13.6. The fourth-order valence-electron chi connectivity index (χ4n) is 3.22. The molecule has 0 unspecified atom stereocenters. The molecule has 1 aliphatic rings. The predicted molar refractivity (Wildman–Crippen MR) is 107 cm³/mol. The number of fused-ring (bicyclic) bond motifs is 1. The van der Waals surface area contributed by atoms with Crippen LogP contribution in [0.25, 0.3) is 11.0 Å². The molecule has 7 heteroatoms. The summed E-state index contributed by atoms with van der Waals surface area (Å²) < 4.78 is 5.21. The van der Waals surface area contributed by atoms with Gasteiger partial charge in [0.1, 0.15) is 11.1 Å². The van der Waals surface area contributed by atoms with Gasteiger partial charge < -0.3 is 20.0 Å². The van der Waals surface area contributed by atoms with Gasteiger partial charge in [0.15, 0.2) is 0 Å². The minimum absolute atomic E-state index is 0.0785. The molecular formula is C21H19N3O4. The van der Waals surface area contributed by atoms with Crippen LogP contribution in [-0.2, 0) is 0 Å². The highest BCUT2D eigenvalue weighted by Crippen LogP contribution is 2.18. The van der Waals surface area contributed by atoms with E-state index in [1.165, 1.54) is 6.07 Å². The fourth-order valence-corrected chi connectivity index (χ4v) is 3.22. The van der Waals surface area contributed by atoms with Crippen molar-refractivity contribution in [2.24, 2.45) is 0 Å². The van der Waals surface area contributed by atoms with Crippen LogP contribution in [0.3, 0.4) is 0 Å². The number of urea groups is 1. The lowest BCUT2D eigenvalue weighted by Crippen LogP contribution is -2.32. The van der Waals surface area contributed by atoms with E-state index in [1.807, 2.05) is 0 Å². The van der Waals surface area contributed by atoms with Gasteiger partial charge in [0, 0.05) is 29.9 Å². The summed E-state index contributed by atoms with van der Waals surface area (Å²) in [7, 11) is 0. The van der Waals surface area contributed by atoms with Crippen LogP contribution in [0, 0.1) is 0 Å². The maximum atomic E-state index is 12.6. The van der Waals surface area contributed by atoms with Crippen molar-refractivity contribution in [3.8, 4) is 0 Å². The van der Waals surface area contributed by atoms with Crippen molar-refractivity contribution in [3.63, 3.8) is 0 Å². The molecule has 1 aromatic heterocycles. The van der Waals surface area contributed by atoms with E-state index in [0.29, 0.717) is 22.3 Å². The van der Waals surface area contributed by atoms with Gasteiger partial charge in [-0.15, -0.1) is 0 Å². The Morgan fingerprint density at radius 1 is 0.893 bits per heavy atom. The molecule has 3 amide bonds. The number of hydrogen-bond acceptors (Lipinski definition) is 4. The number of anilines is 2.